The van der Waals surface area contributed by atoms with Crippen LogP contribution in [0.1, 0.15) is 16.8 Å². The normalized spacial score (nSPS) is 11.8. The van der Waals surface area contributed by atoms with Crippen LogP contribution in [0.2, 0.25) is 0 Å². The first-order valence-corrected chi connectivity index (χ1v) is 6.42. The maximum Gasteiger partial charge on any atom is 0.326 e. The molecule has 92 valence electrons. The molecule has 1 rings (SSSR count). The van der Waals surface area contributed by atoms with Gasteiger partial charge in [0.1, 0.15) is 6.04 Å². The Morgan fingerprint density at radius 3 is 2.59 bits per heavy atom. The van der Waals surface area contributed by atoms with Crippen LogP contribution in [0.4, 0.5) is 0 Å². The van der Waals surface area contributed by atoms with Crippen LogP contribution in [0.25, 0.3) is 0 Å². The fourth-order valence-corrected chi connectivity index (χ4v) is 2.40. The van der Waals surface area contributed by atoms with Gasteiger partial charge < -0.3 is 16.2 Å². The third-order valence-corrected chi connectivity index (χ3v) is 3.63. The van der Waals surface area contributed by atoms with Crippen molar-refractivity contribution in [3.8, 4) is 0 Å². The zero-order valence-electron chi connectivity index (χ0n) is 8.47. The quantitative estimate of drug-likeness (QED) is 0.654. The Balaban J connectivity index is 2.70. The molecule has 0 aromatic carbocycles. The van der Waals surface area contributed by atoms with E-state index in [4.69, 9.17) is 10.8 Å². The molecule has 0 unspecified atom stereocenters. The molecule has 1 aromatic rings. The third kappa shape index (κ3) is 4.30. The van der Waals surface area contributed by atoms with E-state index in [0.29, 0.717) is 5.56 Å². The van der Waals surface area contributed by atoms with E-state index in [-0.39, 0.29) is 0 Å². The van der Waals surface area contributed by atoms with Crippen molar-refractivity contribution in [2.45, 2.75) is 12.5 Å². The van der Waals surface area contributed by atoms with Crippen molar-refractivity contribution in [2.24, 2.45) is 5.73 Å². The van der Waals surface area contributed by atoms with Gasteiger partial charge in [-0.25, -0.2) is 4.79 Å². The van der Waals surface area contributed by atoms with Crippen LogP contribution in [0.5, 0.6) is 0 Å². The third-order valence-electron chi connectivity index (χ3n) is 1.84. The summed E-state index contributed by atoms with van der Waals surface area (Å²) in [7, 11) is 0. The summed E-state index contributed by atoms with van der Waals surface area (Å²) in [4.78, 5) is 33.1. The molecule has 1 heterocycles. The Morgan fingerprint density at radius 2 is 2.18 bits per heavy atom. The van der Waals surface area contributed by atoms with Gasteiger partial charge in [-0.2, -0.15) is 0 Å². The van der Waals surface area contributed by atoms with E-state index in [0.717, 1.165) is 2.88 Å². The van der Waals surface area contributed by atoms with Gasteiger partial charge in [-0.05, 0) is 28.7 Å². The summed E-state index contributed by atoms with van der Waals surface area (Å²) < 4.78 is 0.912. The van der Waals surface area contributed by atoms with Gasteiger partial charge in [0.25, 0.3) is 5.91 Å². The number of amides is 2. The highest BCUT2D eigenvalue weighted by Crippen LogP contribution is 2.16. The number of nitrogens with one attached hydrogen (secondary N) is 1. The molecule has 8 heteroatoms. The minimum absolute atomic E-state index is 0.370. The van der Waals surface area contributed by atoms with Gasteiger partial charge >= 0.3 is 5.97 Å². The van der Waals surface area contributed by atoms with Crippen molar-refractivity contribution in [1.82, 2.24) is 5.32 Å². The molecule has 17 heavy (non-hydrogen) atoms. The first-order valence-electron chi connectivity index (χ1n) is 4.46. The molecule has 0 aliphatic carbocycles. The Labute approximate surface area is 114 Å². The number of halogens is 1. The number of carbonyl (C=O) groups is 3. The van der Waals surface area contributed by atoms with Crippen LogP contribution < -0.4 is 11.1 Å². The number of hydrogen-bond donors (Lipinski definition) is 3. The summed E-state index contributed by atoms with van der Waals surface area (Å²) in [6.07, 6.45) is -0.428. The van der Waals surface area contributed by atoms with Gasteiger partial charge in [-0.1, -0.05) is 0 Å². The van der Waals surface area contributed by atoms with Crippen LogP contribution in [0.15, 0.2) is 11.4 Å². The molecule has 1 aromatic heterocycles. The maximum absolute atomic E-state index is 11.6. The van der Waals surface area contributed by atoms with Gasteiger partial charge in [0.15, 0.2) is 0 Å². The molecule has 0 saturated carbocycles. The number of primary amides is 1. The Hall–Kier alpha value is -1.16. The van der Waals surface area contributed by atoms with Crippen molar-refractivity contribution >= 4 is 51.7 Å². The van der Waals surface area contributed by atoms with E-state index in [1.54, 1.807) is 11.4 Å². The molecule has 0 radical (unpaired) electrons. The van der Waals surface area contributed by atoms with Gasteiger partial charge in [-0.15, -0.1) is 11.3 Å². The molecular weight excluding hydrogens is 359 g/mol. The molecule has 4 N–H and O–H groups in total. The second kappa shape index (κ2) is 5.96. The van der Waals surface area contributed by atoms with Crippen LogP contribution in [0, 0.1) is 2.88 Å². The number of carboxylic acid groups (broad SMARTS) is 1. The first kappa shape index (κ1) is 13.9. The molecule has 2 amide bonds. The summed E-state index contributed by atoms with van der Waals surface area (Å²) in [5, 5.41) is 12.7. The number of carboxylic acids is 1. The minimum Gasteiger partial charge on any atom is -0.480 e. The monoisotopic (exact) mass is 368 g/mol. The molecule has 0 spiro atoms. The van der Waals surface area contributed by atoms with Crippen LogP contribution in [-0.4, -0.2) is 28.9 Å². The number of thiophene rings is 1. The molecule has 0 aliphatic rings. The molecule has 0 bridgehead atoms. The van der Waals surface area contributed by atoms with E-state index in [1.807, 2.05) is 22.6 Å². The molecule has 0 fully saturated rings. The standard InChI is InChI=1S/C9H9IN2O4S/c10-6-1-4(3-17-6)8(14)12-5(9(15)16)2-7(11)13/h1,3,5H,2H2,(H2,11,13)(H,12,14)(H,15,16)/t5-/m1/s1. The number of rotatable bonds is 5. The predicted octanol–water partition coefficient (Wildman–Crippen LogP) is 0.411. The van der Waals surface area contributed by atoms with E-state index in [1.165, 1.54) is 11.3 Å². The van der Waals surface area contributed by atoms with E-state index >= 15 is 0 Å². The van der Waals surface area contributed by atoms with Crippen molar-refractivity contribution in [1.29, 1.82) is 0 Å². The van der Waals surface area contributed by atoms with E-state index in [2.05, 4.69) is 5.32 Å². The predicted molar refractivity (Wildman–Crippen MR) is 69.7 cm³/mol. The van der Waals surface area contributed by atoms with Crippen LogP contribution in [-0.2, 0) is 9.59 Å². The summed E-state index contributed by atoms with van der Waals surface area (Å²) in [5.41, 5.74) is 5.27. The average molecular weight is 368 g/mol. The zero-order chi connectivity index (χ0) is 13.0. The van der Waals surface area contributed by atoms with Crippen LogP contribution in [0.3, 0.4) is 0 Å². The largest absolute Gasteiger partial charge is 0.480 e. The zero-order valence-corrected chi connectivity index (χ0v) is 11.4. The fourth-order valence-electron chi connectivity index (χ4n) is 1.07. The second-order valence-corrected chi connectivity index (χ2v) is 5.98. The van der Waals surface area contributed by atoms with Crippen molar-refractivity contribution in [3.63, 3.8) is 0 Å². The maximum atomic E-state index is 11.6. The van der Waals surface area contributed by atoms with Crippen molar-refractivity contribution < 1.29 is 19.5 Å². The lowest BCUT2D eigenvalue weighted by atomic mass is 10.2. The fraction of sp³-hybridized carbons (Fsp3) is 0.222. The number of carbonyl (C=O) groups excluding carboxylic acids is 2. The molecular formula is C9H9IN2O4S. The lowest BCUT2D eigenvalue weighted by Gasteiger charge is -2.11. The molecule has 1 atom stereocenters. The van der Waals surface area contributed by atoms with Crippen molar-refractivity contribution in [2.75, 3.05) is 0 Å². The minimum atomic E-state index is -1.29. The first-order chi connectivity index (χ1) is 7.90. The van der Waals surface area contributed by atoms with Gasteiger partial charge in [-0.3, -0.25) is 9.59 Å². The van der Waals surface area contributed by atoms with Crippen molar-refractivity contribution in [3.05, 3.63) is 19.9 Å². The Kier molecular flexibility index (Phi) is 4.87. The second-order valence-electron chi connectivity index (χ2n) is 3.17. The summed E-state index contributed by atoms with van der Waals surface area (Å²) >= 11 is 3.42. The molecule has 6 nitrogen and oxygen atoms in total. The van der Waals surface area contributed by atoms with Gasteiger partial charge in [0, 0.05) is 5.38 Å². The van der Waals surface area contributed by atoms with Gasteiger partial charge in [0.2, 0.25) is 5.91 Å². The average Bonchev–Trinajstić information content (AvgIpc) is 2.63. The summed E-state index contributed by atoms with van der Waals surface area (Å²) in [6.45, 7) is 0. The van der Waals surface area contributed by atoms with E-state index in [9.17, 15) is 14.4 Å². The smallest absolute Gasteiger partial charge is 0.326 e. The summed E-state index contributed by atoms with van der Waals surface area (Å²) in [5.74, 6) is -2.60. The summed E-state index contributed by atoms with van der Waals surface area (Å²) in [6, 6.07) is 0.335. The lowest BCUT2D eigenvalue weighted by molar-refractivity contribution is -0.140. The van der Waals surface area contributed by atoms with E-state index < -0.39 is 30.2 Å². The van der Waals surface area contributed by atoms with Crippen LogP contribution >= 0.6 is 33.9 Å². The number of aliphatic carboxylic acids is 1. The highest BCUT2D eigenvalue weighted by Gasteiger charge is 2.22. The Morgan fingerprint density at radius 1 is 1.53 bits per heavy atom. The lowest BCUT2D eigenvalue weighted by Crippen LogP contribution is -2.43. The topological polar surface area (TPSA) is 109 Å². The molecule has 0 saturated heterocycles. The number of nitrogens with two attached hydrogens (primary N) is 1. The Bertz CT molecular complexity index is 460. The van der Waals surface area contributed by atoms with Gasteiger partial charge in [0.05, 0.1) is 14.9 Å². The highest BCUT2D eigenvalue weighted by molar-refractivity contribution is 14.1. The number of hydrogen-bond acceptors (Lipinski definition) is 4. The molecule has 0 aliphatic heterocycles. The SMILES string of the molecule is NC(=O)C[C@@H](NC(=O)c1csc(I)c1)C(=O)O. The highest BCUT2D eigenvalue weighted by atomic mass is 127.